The van der Waals surface area contributed by atoms with Gasteiger partial charge in [-0.2, -0.15) is 0 Å². The summed E-state index contributed by atoms with van der Waals surface area (Å²) in [7, 11) is 0. The van der Waals surface area contributed by atoms with Crippen molar-refractivity contribution in [3.05, 3.63) is 64.6 Å². The number of amides is 2. The first-order valence-corrected chi connectivity index (χ1v) is 11.4. The lowest BCUT2D eigenvalue weighted by molar-refractivity contribution is -0.927. The maximum absolute atomic E-state index is 12.6. The molecule has 2 atom stereocenters. The van der Waals surface area contributed by atoms with Gasteiger partial charge in [0, 0.05) is 10.5 Å². The molecule has 2 unspecified atom stereocenters. The van der Waals surface area contributed by atoms with Crippen LogP contribution in [-0.4, -0.2) is 37.5 Å². The molecule has 30 heavy (non-hydrogen) atoms. The number of thioether (sulfide) groups is 1. The van der Waals surface area contributed by atoms with Gasteiger partial charge in [0.15, 0.2) is 0 Å². The largest absolute Gasteiger partial charge is 0.346 e. The lowest BCUT2D eigenvalue weighted by Crippen LogP contribution is -3.16. The lowest BCUT2D eigenvalue weighted by atomic mass is 10.0. The zero-order chi connectivity index (χ0) is 20.9. The molecule has 0 aliphatic carbocycles. The number of hydrogen-bond acceptors (Lipinski definition) is 3. The Morgan fingerprint density at radius 1 is 1.23 bits per heavy atom. The molecular formula is C24H28N3O2S+. The van der Waals surface area contributed by atoms with Crippen molar-refractivity contribution in [1.82, 2.24) is 5.32 Å². The van der Waals surface area contributed by atoms with Crippen LogP contribution in [-0.2, 0) is 4.79 Å². The van der Waals surface area contributed by atoms with Crippen LogP contribution >= 0.6 is 11.8 Å². The standard InChI is InChI=1S/C24H27N3O2S/c1-17-7-5-6-13-27(17)14-12-25-23(28)19-10-11-21-20(16-19)26-24(29)22(30-21)15-18-8-3-2-4-9-18/h2-4,8-11,15-17H,5-7,12-14H2,1H3,(H,25,28)(H,26,29)/p+1. The molecule has 2 amide bonds. The number of quaternary nitrogens is 1. The molecule has 1 fully saturated rings. The number of likely N-dealkylation sites (tertiary alicyclic amines) is 1. The summed E-state index contributed by atoms with van der Waals surface area (Å²) in [6.07, 6.45) is 5.74. The second-order valence-electron chi connectivity index (χ2n) is 8.00. The zero-order valence-corrected chi connectivity index (χ0v) is 18.1. The van der Waals surface area contributed by atoms with Crippen LogP contribution < -0.4 is 15.5 Å². The normalized spacial score (nSPS) is 22.3. The van der Waals surface area contributed by atoms with Crippen molar-refractivity contribution in [3.63, 3.8) is 0 Å². The van der Waals surface area contributed by atoms with E-state index in [4.69, 9.17) is 0 Å². The Hall–Kier alpha value is -2.57. The Morgan fingerprint density at radius 3 is 2.87 bits per heavy atom. The van der Waals surface area contributed by atoms with E-state index in [1.54, 1.807) is 11.0 Å². The Labute approximate surface area is 181 Å². The number of hydrogen-bond donors (Lipinski definition) is 3. The summed E-state index contributed by atoms with van der Waals surface area (Å²) in [6, 6.07) is 16.0. The highest BCUT2D eigenvalue weighted by Crippen LogP contribution is 2.39. The van der Waals surface area contributed by atoms with Gasteiger partial charge < -0.3 is 15.5 Å². The van der Waals surface area contributed by atoms with E-state index in [-0.39, 0.29) is 11.8 Å². The predicted octanol–water partition coefficient (Wildman–Crippen LogP) is 2.96. The average Bonchev–Trinajstić information content (AvgIpc) is 2.76. The van der Waals surface area contributed by atoms with Gasteiger partial charge in [0.25, 0.3) is 11.8 Å². The van der Waals surface area contributed by atoms with Gasteiger partial charge in [-0.15, -0.1) is 0 Å². The monoisotopic (exact) mass is 422 g/mol. The molecule has 1 saturated heterocycles. The molecule has 2 aliphatic heterocycles. The number of carbonyl (C=O) groups excluding carboxylic acids is 2. The van der Waals surface area contributed by atoms with Crippen LogP contribution in [0.4, 0.5) is 5.69 Å². The maximum atomic E-state index is 12.6. The summed E-state index contributed by atoms with van der Waals surface area (Å²) in [5.74, 6) is -0.233. The molecule has 0 bridgehead atoms. The van der Waals surface area contributed by atoms with E-state index >= 15 is 0 Å². The highest BCUT2D eigenvalue weighted by Gasteiger charge is 2.23. The van der Waals surface area contributed by atoms with Crippen molar-refractivity contribution in [3.8, 4) is 0 Å². The van der Waals surface area contributed by atoms with Crippen molar-refractivity contribution in [1.29, 1.82) is 0 Å². The van der Waals surface area contributed by atoms with Crippen molar-refractivity contribution < 1.29 is 14.5 Å². The summed E-state index contributed by atoms with van der Waals surface area (Å²) < 4.78 is 0. The molecule has 0 radical (unpaired) electrons. The summed E-state index contributed by atoms with van der Waals surface area (Å²) in [6.45, 7) is 5.11. The van der Waals surface area contributed by atoms with Crippen LogP contribution in [0.15, 0.2) is 58.3 Å². The van der Waals surface area contributed by atoms with E-state index < -0.39 is 0 Å². The number of piperidine rings is 1. The molecule has 156 valence electrons. The smallest absolute Gasteiger partial charge is 0.262 e. The summed E-state index contributed by atoms with van der Waals surface area (Å²) in [5, 5.41) is 5.96. The second kappa shape index (κ2) is 9.49. The second-order valence-corrected chi connectivity index (χ2v) is 9.08. The maximum Gasteiger partial charge on any atom is 0.262 e. The van der Waals surface area contributed by atoms with E-state index in [0.717, 1.165) is 17.0 Å². The van der Waals surface area contributed by atoms with Crippen molar-refractivity contribution in [2.45, 2.75) is 37.1 Å². The average molecular weight is 423 g/mol. The van der Waals surface area contributed by atoms with E-state index in [1.807, 2.05) is 48.5 Å². The molecule has 2 heterocycles. The number of rotatable bonds is 5. The van der Waals surface area contributed by atoms with Crippen LogP contribution in [0.5, 0.6) is 0 Å². The Bertz CT molecular complexity index is 958. The van der Waals surface area contributed by atoms with Crippen LogP contribution in [0.3, 0.4) is 0 Å². The molecule has 3 N–H and O–H groups in total. The van der Waals surface area contributed by atoms with E-state index in [1.165, 1.54) is 37.6 Å². The highest BCUT2D eigenvalue weighted by atomic mass is 32.2. The topological polar surface area (TPSA) is 62.6 Å². The fraction of sp³-hybridized carbons (Fsp3) is 0.333. The Balaban J connectivity index is 1.38. The molecule has 6 heteroatoms. The molecule has 4 rings (SSSR count). The van der Waals surface area contributed by atoms with Gasteiger partial charge in [0.1, 0.15) is 0 Å². The number of anilines is 1. The fourth-order valence-corrected chi connectivity index (χ4v) is 5.00. The first-order chi connectivity index (χ1) is 14.6. The van der Waals surface area contributed by atoms with Crippen molar-refractivity contribution >= 4 is 35.3 Å². The van der Waals surface area contributed by atoms with Gasteiger partial charge in [-0.1, -0.05) is 42.1 Å². The molecule has 2 aliphatic rings. The third-order valence-corrected chi connectivity index (χ3v) is 6.94. The minimum Gasteiger partial charge on any atom is -0.346 e. The number of carbonyl (C=O) groups is 2. The quantitative estimate of drug-likeness (QED) is 0.649. The third-order valence-electron chi connectivity index (χ3n) is 5.84. The number of fused-ring (bicyclic) bond motifs is 1. The summed E-state index contributed by atoms with van der Waals surface area (Å²) in [4.78, 5) is 28.3. The number of benzene rings is 2. The van der Waals surface area contributed by atoms with Gasteiger partial charge in [0.05, 0.1) is 36.3 Å². The molecule has 2 aromatic carbocycles. The SMILES string of the molecule is CC1CCCC[NH+]1CCNC(=O)c1ccc2c(c1)NC(=O)C(=Cc1ccccc1)S2. The predicted molar refractivity (Wildman–Crippen MR) is 122 cm³/mol. The molecule has 0 saturated carbocycles. The third kappa shape index (κ3) is 4.94. The minimum absolute atomic E-state index is 0.0910. The fourth-order valence-electron chi connectivity index (χ4n) is 4.07. The van der Waals surface area contributed by atoms with Gasteiger partial charge in [0.2, 0.25) is 0 Å². The van der Waals surface area contributed by atoms with Gasteiger partial charge in [-0.3, -0.25) is 9.59 Å². The Morgan fingerprint density at radius 2 is 2.07 bits per heavy atom. The van der Waals surface area contributed by atoms with Gasteiger partial charge in [-0.25, -0.2) is 0 Å². The first-order valence-electron chi connectivity index (χ1n) is 10.6. The molecular weight excluding hydrogens is 394 g/mol. The van der Waals surface area contributed by atoms with E-state index in [2.05, 4.69) is 17.6 Å². The lowest BCUT2D eigenvalue weighted by Gasteiger charge is -2.30. The first kappa shape index (κ1) is 20.7. The van der Waals surface area contributed by atoms with Gasteiger partial charge >= 0.3 is 0 Å². The van der Waals surface area contributed by atoms with Crippen LogP contribution in [0.2, 0.25) is 0 Å². The van der Waals surface area contributed by atoms with Gasteiger partial charge in [-0.05, 0) is 56.0 Å². The number of nitrogens with one attached hydrogen (secondary N) is 3. The van der Waals surface area contributed by atoms with Crippen molar-refractivity contribution in [2.24, 2.45) is 0 Å². The Kier molecular flexibility index (Phi) is 6.55. The van der Waals surface area contributed by atoms with Crippen LogP contribution in [0.1, 0.15) is 42.1 Å². The minimum atomic E-state index is -0.142. The molecule has 0 aromatic heterocycles. The zero-order valence-electron chi connectivity index (χ0n) is 17.2. The molecule has 0 spiro atoms. The molecule has 5 nitrogen and oxygen atoms in total. The molecule has 2 aromatic rings. The van der Waals surface area contributed by atoms with Crippen LogP contribution in [0, 0.1) is 0 Å². The van der Waals surface area contributed by atoms with Crippen molar-refractivity contribution in [2.75, 3.05) is 25.0 Å². The summed E-state index contributed by atoms with van der Waals surface area (Å²) >= 11 is 1.43. The van der Waals surface area contributed by atoms with E-state index in [0.29, 0.717) is 28.7 Å². The van der Waals surface area contributed by atoms with Crippen LogP contribution in [0.25, 0.3) is 6.08 Å². The van der Waals surface area contributed by atoms with E-state index in [9.17, 15) is 9.59 Å². The highest BCUT2D eigenvalue weighted by molar-refractivity contribution is 8.04. The summed E-state index contributed by atoms with van der Waals surface area (Å²) in [5.41, 5.74) is 2.25.